The number of carbonyl (C=O) groups excluding carboxylic acids is 2. The van der Waals surface area contributed by atoms with Gasteiger partial charge in [-0.05, 0) is 42.0 Å². The van der Waals surface area contributed by atoms with Gasteiger partial charge >= 0.3 is 12.1 Å². The van der Waals surface area contributed by atoms with Crippen molar-refractivity contribution >= 4 is 18.0 Å². The first-order valence-corrected chi connectivity index (χ1v) is 12.1. The zero-order valence-corrected chi connectivity index (χ0v) is 19.7. The monoisotopic (exact) mass is 478 g/mol. The number of alkyl carbamates (subject to hydrolysis) is 1. The van der Waals surface area contributed by atoms with Crippen molar-refractivity contribution in [1.29, 1.82) is 0 Å². The van der Waals surface area contributed by atoms with Crippen LogP contribution in [-0.2, 0) is 19.1 Å². The molecule has 35 heavy (non-hydrogen) atoms. The molecule has 3 aliphatic rings. The molecule has 2 atom stereocenters. The van der Waals surface area contributed by atoms with Gasteiger partial charge in [-0.1, -0.05) is 55.0 Å². The van der Waals surface area contributed by atoms with Crippen molar-refractivity contribution in [3.63, 3.8) is 0 Å². The number of hydrogen-bond acceptors (Lipinski definition) is 5. The smallest absolute Gasteiger partial charge is 0.407 e. The van der Waals surface area contributed by atoms with Crippen LogP contribution in [0.5, 0.6) is 0 Å². The number of benzene rings is 2. The van der Waals surface area contributed by atoms with Gasteiger partial charge in [0.15, 0.2) is 0 Å². The number of fused-ring (bicyclic) bond motifs is 3. The van der Waals surface area contributed by atoms with Crippen molar-refractivity contribution in [2.45, 2.75) is 44.2 Å². The maximum atomic E-state index is 13.2. The van der Waals surface area contributed by atoms with Gasteiger partial charge < -0.3 is 24.8 Å². The van der Waals surface area contributed by atoms with Crippen LogP contribution in [0.1, 0.15) is 43.2 Å². The van der Waals surface area contributed by atoms with Crippen molar-refractivity contribution < 1.29 is 29.0 Å². The average Bonchev–Trinajstić information content (AvgIpc) is 3.35. The molecular weight excluding hydrogens is 448 g/mol. The molecule has 184 valence electrons. The summed E-state index contributed by atoms with van der Waals surface area (Å²) in [5.74, 6) is -1.08. The van der Waals surface area contributed by atoms with E-state index >= 15 is 0 Å². The van der Waals surface area contributed by atoms with E-state index in [1.807, 2.05) is 31.2 Å². The van der Waals surface area contributed by atoms with Crippen LogP contribution >= 0.6 is 0 Å². The van der Waals surface area contributed by atoms with Crippen LogP contribution in [0.25, 0.3) is 11.1 Å². The Kier molecular flexibility index (Phi) is 6.23. The third-order valence-electron chi connectivity index (χ3n) is 7.66. The molecule has 5 rings (SSSR count). The maximum Gasteiger partial charge on any atom is 0.407 e. The lowest BCUT2D eigenvalue weighted by Gasteiger charge is -2.44. The number of rotatable bonds is 7. The van der Waals surface area contributed by atoms with E-state index in [9.17, 15) is 14.4 Å². The number of ether oxygens (including phenoxy) is 2. The number of likely N-dealkylation sites (tertiary alicyclic amines) is 1. The van der Waals surface area contributed by atoms with Gasteiger partial charge in [0, 0.05) is 25.0 Å². The molecular formula is C27H30N2O6. The molecule has 8 nitrogen and oxygen atoms in total. The number of carboxylic acid groups (broad SMARTS) is 1. The summed E-state index contributed by atoms with van der Waals surface area (Å²) in [5.41, 5.74) is 3.93. The Hall–Kier alpha value is -3.39. The van der Waals surface area contributed by atoms with E-state index < -0.39 is 17.5 Å². The topological polar surface area (TPSA) is 105 Å². The van der Waals surface area contributed by atoms with Crippen molar-refractivity contribution in [2.24, 2.45) is 5.41 Å². The molecule has 1 heterocycles. The molecule has 0 radical (unpaired) electrons. The standard InChI is InChI=1S/C27H30N2O6/c1-27(25(32)29-13-17(14-29)34-16-24(30)31)12-6-11-23(27)28-26(33)35-15-22-20-9-4-2-7-18(20)19-8-3-5-10-21(19)22/h2-5,7-10,17,22-23H,6,11-16H2,1H3,(H,28,33)(H,30,31). The highest BCUT2D eigenvalue weighted by Gasteiger charge is 2.50. The second kappa shape index (κ2) is 9.34. The molecule has 1 aliphatic heterocycles. The molecule has 2 N–H and O–H groups in total. The first kappa shape index (κ1) is 23.4. The van der Waals surface area contributed by atoms with Gasteiger partial charge in [0.25, 0.3) is 0 Å². The van der Waals surface area contributed by atoms with Gasteiger partial charge in [-0.3, -0.25) is 4.79 Å². The highest BCUT2D eigenvalue weighted by Crippen LogP contribution is 2.45. The summed E-state index contributed by atoms with van der Waals surface area (Å²) in [7, 11) is 0. The fourth-order valence-corrected chi connectivity index (χ4v) is 5.70. The average molecular weight is 479 g/mol. The summed E-state index contributed by atoms with van der Waals surface area (Å²) in [4.78, 5) is 38.4. The van der Waals surface area contributed by atoms with Gasteiger partial charge in [0.05, 0.1) is 11.5 Å². The number of nitrogens with one attached hydrogen (secondary N) is 1. The zero-order chi connectivity index (χ0) is 24.6. The van der Waals surface area contributed by atoms with Crippen LogP contribution in [0.15, 0.2) is 48.5 Å². The third kappa shape index (κ3) is 4.38. The summed E-state index contributed by atoms with van der Waals surface area (Å²) in [6.07, 6.45) is 1.46. The molecule has 8 heteroatoms. The highest BCUT2D eigenvalue weighted by molar-refractivity contribution is 5.85. The van der Waals surface area contributed by atoms with E-state index in [4.69, 9.17) is 14.6 Å². The van der Waals surface area contributed by atoms with E-state index in [0.717, 1.165) is 17.5 Å². The Bertz CT molecular complexity index is 1100. The van der Waals surface area contributed by atoms with Crippen molar-refractivity contribution in [3.05, 3.63) is 59.7 Å². The largest absolute Gasteiger partial charge is 0.480 e. The molecule has 0 aromatic heterocycles. The Labute approximate surface area is 204 Å². The fourth-order valence-electron chi connectivity index (χ4n) is 5.70. The van der Waals surface area contributed by atoms with E-state index in [1.54, 1.807) is 4.90 Å². The first-order valence-electron chi connectivity index (χ1n) is 12.1. The maximum absolute atomic E-state index is 13.2. The van der Waals surface area contributed by atoms with Gasteiger partial charge in [-0.15, -0.1) is 0 Å². The number of carboxylic acids is 1. The summed E-state index contributed by atoms with van der Waals surface area (Å²) < 4.78 is 11.0. The molecule has 1 saturated carbocycles. The van der Waals surface area contributed by atoms with E-state index in [2.05, 4.69) is 29.6 Å². The normalized spacial score (nSPS) is 23.3. The van der Waals surface area contributed by atoms with Crippen LogP contribution in [-0.4, -0.2) is 66.4 Å². The Morgan fingerprint density at radius 2 is 1.69 bits per heavy atom. The zero-order valence-electron chi connectivity index (χ0n) is 19.7. The van der Waals surface area contributed by atoms with Crippen molar-refractivity contribution in [3.8, 4) is 11.1 Å². The quantitative estimate of drug-likeness (QED) is 0.632. The van der Waals surface area contributed by atoms with E-state index in [1.165, 1.54) is 11.1 Å². The predicted octanol–water partition coefficient (Wildman–Crippen LogP) is 3.40. The second-order valence-corrected chi connectivity index (χ2v) is 9.87. The minimum absolute atomic E-state index is 0.0198. The minimum Gasteiger partial charge on any atom is -0.480 e. The Morgan fingerprint density at radius 3 is 2.31 bits per heavy atom. The van der Waals surface area contributed by atoms with E-state index in [0.29, 0.717) is 25.9 Å². The van der Waals surface area contributed by atoms with Gasteiger partial charge in [-0.25, -0.2) is 9.59 Å². The number of aliphatic carboxylic acids is 1. The van der Waals surface area contributed by atoms with Crippen LogP contribution in [0.4, 0.5) is 4.79 Å². The third-order valence-corrected chi connectivity index (χ3v) is 7.66. The van der Waals surface area contributed by atoms with Gasteiger partial charge in [0.2, 0.25) is 5.91 Å². The van der Waals surface area contributed by atoms with Crippen LogP contribution in [0.3, 0.4) is 0 Å². The molecule has 0 bridgehead atoms. The summed E-state index contributed by atoms with van der Waals surface area (Å²) in [5, 5.41) is 11.7. The summed E-state index contributed by atoms with van der Waals surface area (Å²) >= 11 is 0. The number of nitrogens with zero attached hydrogens (tertiary/aromatic N) is 1. The fraction of sp³-hybridized carbons (Fsp3) is 0.444. The summed E-state index contributed by atoms with van der Waals surface area (Å²) in [6.45, 7) is 2.50. The number of carbonyl (C=O) groups is 3. The molecule has 2 aromatic carbocycles. The minimum atomic E-state index is -1.02. The van der Waals surface area contributed by atoms with Crippen molar-refractivity contribution in [1.82, 2.24) is 10.2 Å². The molecule has 2 fully saturated rings. The van der Waals surface area contributed by atoms with Gasteiger partial charge in [-0.2, -0.15) is 0 Å². The SMILES string of the molecule is CC1(C(=O)N2CC(OCC(=O)O)C2)CCCC1NC(=O)OCC1c2ccccc2-c2ccccc21. The van der Waals surface area contributed by atoms with Gasteiger partial charge in [0.1, 0.15) is 13.2 Å². The Balaban J connectivity index is 1.18. The van der Waals surface area contributed by atoms with Crippen LogP contribution in [0, 0.1) is 5.41 Å². The molecule has 2 unspecified atom stereocenters. The molecule has 2 aromatic rings. The molecule has 2 amide bonds. The Morgan fingerprint density at radius 1 is 1.06 bits per heavy atom. The van der Waals surface area contributed by atoms with Crippen LogP contribution in [0.2, 0.25) is 0 Å². The second-order valence-electron chi connectivity index (χ2n) is 9.87. The molecule has 2 aliphatic carbocycles. The predicted molar refractivity (Wildman–Crippen MR) is 128 cm³/mol. The lowest BCUT2D eigenvalue weighted by atomic mass is 9.82. The van der Waals surface area contributed by atoms with E-state index in [-0.39, 0.29) is 37.2 Å². The van der Waals surface area contributed by atoms with Crippen LogP contribution < -0.4 is 5.32 Å². The summed E-state index contributed by atoms with van der Waals surface area (Å²) in [6, 6.07) is 16.1. The molecule has 0 spiro atoms. The number of hydrogen-bond donors (Lipinski definition) is 2. The molecule has 1 saturated heterocycles. The lowest BCUT2D eigenvalue weighted by molar-refractivity contribution is -0.160. The number of amides is 2. The first-order chi connectivity index (χ1) is 16.9. The van der Waals surface area contributed by atoms with Crippen molar-refractivity contribution in [2.75, 3.05) is 26.3 Å². The lowest BCUT2D eigenvalue weighted by Crippen LogP contribution is -2.61. The highest BCUT2D eigenvalue weighted by atomic mass is 16.5.